The summed E-state index contributed by atoms with van der Waals surface area (Å²) in [6, 6.07) is -2.64. The van der Waals surface area contributed by atoms with E-state index in [1.807, 2.05) is 20.8 Å². The fourth-order valence-corrected chi connectivity index (χ4v) is 3.08. The molecule has 0 saturated heterocycles. The van der Waals surface area contributed by atoms with Gasteiger partial charge in [0.2, 0.25) is 0 Å². The van der Waals surface area contributed by atoms with E-state index >= 15 is 0 Å². The maximum Gasteiger partial charge on any atom is 0.329 e. The molecule has 0 aromatic carbocycles. The number of nitrogens with one attached hydrogen (secondary N) is 2. The molecule has 0 aliphatic heterocycles. The zero-order valence-corrected chi connectivity index (χ0v) is 22.6. The Hall–Kier alpha value is -2.16. The number of ketones is 1. The van der Waals surface area contributed by atoms with E-state index in [1.54, 1.807) is 41.5 Å². The molecule has 2 atom stereocenters. The second-order valence-electron chi connectivity index (χ2n) is 11.9. The number of nitrogens with two attached hydrogens (primary N) is 1. The molecule has 9 heteroatoms. The molecule has 0 bridgehead atoms. The summed E-state index contributed by atoms with van der Waals surface area (Å²) in [6.07, 6.45) is 2.24. The molecule has 198 valence electrons. The van der Waals surface area contributed by atoms with Gasteiger partial charge in [-0.3, -0.25) is 4.79 Å². The standard InChI is InChI=1S/C25H47N3O6/c1-23(2,3)16-17(29)13-14-19(21(31)34-25(7,8)9)28-22(32)27-18(12-10-11-15-26)20(30)33-24(4,5)6/h18-19H,10-16,26H2,1-9H3,(H2,27,28,32)/t18-,19-/m0/s1. The smallest absolute Gasteiger partial charge is 0.329 e. The minimum Gasteiger partial charge on any atom is -0.458 e. The number of rotatable bonds is 12. The minimum atomic E-state index is -1.04. The molecule has 9 nitrogen and oxygen atoms in total. The maximum absolute atomic E-state index is 12.8. The molecule has 0 rings (SSSR count). The van der Waals surface area contributed by atoms with E-state index in [-0.39, 0.29) is 24.0 Å². The lowest BCUT2D eigenvalue weighted by Gasteiger charge is -2.27. The van der Waals surface area contributed by atoms with E-state index in [0.717, 1.165) is 0 Å². The van der Waals surface area contributed by atoms with Gasteiger partial charge in [0.15, 0.2) is 0 Å². The van der Waals surface area contributed by atoms with Crippen LogP contribution < -0.4 is 16.4 Å². The van der Waals surface area contributed by atoms with E-state index in [0.29, 0.717) is 32.2 Å². The third-order valence-electron chi connectivity index (χ3n) is 4.38. The molecule has 0 radical (unpaired) electrons. The van der Waals surface area contributed by atoms with Crippen molar-refractivity contribution < 1.29 is 28.7 Å². The van der Waals surface area contributed by atoms with E-state index in [9.17, 15) is 19.2 Å². The van der Waals surface area contributed by atoms with Crippen LogP contribution in [0.25, 0.3) is 0 Å². The minimum absolute atomic E-state index is 0.00307. The number of carbonyl (C=O) groups is 4. The Morgan fingerprint density at radius 1 is 0.735 bits per heavy atom. The monoisotopic (exact) mass is 485 g/mol. The molecule has 0 unspecified atom stereocenters. The molecule has 0 saturated carbocycles. The first-order chi connectivity index (χ1) is 15.3. The van der Waals surface area contributed by atoms with Gasteiger partial charge in [-0.15, -0.1) is 0 Å². The highest BCUT2D eigenvalue weighted by Crippen LogP contribution is 2.21. The molecule has 0 aromatic heterocycles. The topological polar surface area (TPSA) is 137 Å². The predicted molar refractivity (Wildman–Crippen MR) is 132 cm³/mol. The number of amides is 2. The molecule has 4 N–H and O–H groups in total. The summed E-state index contributed by atoms with van der Waals surface area (Å²) in [5, 5.41) is 5.20. The van der Waals surface area contributed by atoms with Crippen LogP contribution in [-0.2, 0) is 23.9 Å². The SMILES string of the molecule is CC(C)(C)CC(=O)CC[C@H](NC(=O)N[C@@H](CCCCN)C(=O)OC(C)(C)C)C(=O)OC(C)(C)C. The van der Waals surface area contributed by atoms with Crippen LogP contribution in [-0.4, -0.2) is 53.6 Å². The molecule has 34 heavy (non-hydrogen) atoms. The van der Waals surface area contributed by atoms with Gasteiger partial charge in [0.1, 0.15) is 29.1 Å². The third kappa shape index (κ3) is 16.5. The molecule has 0 aliphatic rings. The number of ether oxygens (including phenoxy) is 2. The van der Waals surface area contributed by atoms with Crippen LogP contribution in [0.4, 0.5) is 4.79 Å². The summed E-state index contributed by atoms with van der Waals surface area (Å²) in [4.78, 5) is 50.5. The Morgan fingerprint density at radius 3 is 1.56 bits per heavy atom. The van der Waals surface area contributed by atoms with Crippen molar-refractivity contribution in [2.24, 2.45) is 11.1 Å². The summed E-state index contributed by atoms with van der Waals surface area (Å²) >= 11 is 0. The number of esters is 2. The maximum atomic E-state index is 12.8. The van der Waals surface area contributed by atoms with Crippen LogP contribution in [0.2, 0.25) is 0 Å². The van der Waals surface area contributed by atoms with Crippen molar-refractivity contribution in [2.75, 3.05) is 6.54 Å². The Bertz CT molecular complexity index is 686. The second kappa shape index (κ2) is 13.7. The highest BCUT2D eigenvalue weighted by Gasteiger charge is 2.31. The third-order valence-corrected chi connectivity index (χ3v) is 4.38. The first-order valence-corrected chi connectivity index (χ1v) is 12.1. The molecular formula is C25H47N3O6. The first-order valence-electron chi connectivity index (χ1n) is 12.1. The summed E-state index contributed by atoms with van der Waals surface area (Å²) < 4.78 is 10.9. The van der Waals surface area contributed by atoms with Crippen LogP contribution >= 0.6 is 0 Å². The summed E-state index contributed by atoms with van der Waals surface area (Å²) in [6.45, 7) is 16.8. The lowest BCUT2D eigenvalue weighted by Crippen LogP contribution is -2.53. The number of carbonyl (C=O) groups excluding carboxylic acids is 4. The Balaban J connectivity index is 5.37. The normalized spacial score (nSPS) is 14.1. The highest BCUT2D eigenvalue weighted by molar-refractivity contribution is 5.88. The molecule has 2 amide bonds. The lowest BCUT2D eigenvalue weighted by atomic mass is 9.88. The van der Waals surface area contributed by atoms with Crippen LogP contribution in [0, 0.1) is 5.41 Å². The van der Waals surface area contributed by atoms with Gasteiger partial charge in [-0.2, -0.15) is 0 Å². The average molecular weight is 486 g/mol. The van der Waals surface area contributed by atoms with Gasteiger partial charge < -0.3 is 25.8 Å². The van der Waals surface area contributed by atoms with Crippen molar-refractivity contribution in [3.05, 3.63) is 0 Å². The van der Waals surface area contributed by atoms with Gasteiger partial charge in [0.25, 0.3) is 0 Å². The van der Waals surface area contributed by atoms with Crippen molar-refractivity contribution >= 4 is 23.8 Å². The molecule has 0 fully saturated rings. The first kappa shape index (κ1) is 31.8. The van der Waals surface area contributed by atoms with E-state index in [4.69, 9.17) is 15.2 Å². The second-order valence-corrected chi connectivity index (χ2v) is 11.9. The highest BCUT2D eigenvalue weighted by atomic mass is 16.6. The molecular weight excluding hydrogens is 438 g/mol. The molecule has 0 heterocycles. The van der Waals surface area contributed by atoms with Crippen molar-refractivity contribution in [2.45, 2.75) is 124 Å². The quantitative estimate of drug-likeness (QED) is 0.284. The van der Waals surface area contributed by atoms with E-state index in [1.165, 1.54) is 0 Å². The average Bonchev–Trinajstić information content (AvgIpc) is 2.60. The van der Waals surface area contributed by atoms with Crippen LogP contribution in [0.1, 0.15) is 101 Å². The number of hydrogen-bond acceptors (Lipinski definition) is 7. The molecule has 0 aromatic rings. The fourth-order valence-electron chi connectivity index (χ4n) is 3.08. The van der Waals surface area contributed by atoms with E-state index < -0.39 is 41.3 Å². The summed E-state index contributed by atoms with van der Waals surface area (Å²) in [7, 11) is 0. The largest absolute Gasteiger partial charge is 0.458 e. The number of unbranched alkanes of at least 4 members (excludes halogenated alkanes) is 1. The Kier molecular flexibility index (Phi) is 12.8. The van der Waals surface area contributed by atoms with Crippen LogP contribution in [0.15, 0.2) is 0 Å². The van der Waals surface area contributed by atoms with E-state index in [2.05, 4.69) is 10.6 Å². The number of Topliss-reactive ketones (excluding diaryl/α,β-unsaturated/α-hetero) is 1. The lowest BCUT2D eigenvalue weighted by molar-refractivity contribution is -0.157. The molecule has 0 spiro atoms. The fraction of sp³-hybridized carbons (Fsp3) is 0.840. The van der Waals surface area contributed by atoms with Gasteiger partial charge in [0.05, 0.1) is 0 Å². The summed E-state index contributed by atoms with van der Waals surface area (Å²) in [5.41, 5.74) is 3.90. The van der Waals surface area contributed by atoms with Crippen molar-refractivity contribution in [1.82, 2.24) is 10.6 Å². The van der Waals surface area contributed by atoms with Gasteiger partial charge in [-0.05, 0) is 79.2 Å². The van der Waals surface area contributed by atoms with Crippen molar-refractivity contribution in [3.63, 3.8) is 0 Å². The van der Waals surface area contributed by atoms with Gasteiger partial charge in [0, 0.05) is 12.8 Å². The van der Waals surface area contributed by atoms with Crippen molar-refractivity contribution in [1.29, 1.82) is 0 Å². The number of hydrogen-bond donors (Lipinski definition) is 3. The van der Waals surface area contributed by atoms with Gasteiger partial charge in [-0.1, -0.05) is 20.8 Å². The van der Waals surface area contributed by atoms with Crippen molar-refractivity contribution in [3.8, 4) is 0 Å². The van der Waals surface area contributed by atoms with Gasteiger partial charge in [-0.25, -0.2) is 14.4 Å². The Morgan fingerprint density at radius 2 is 1.18 bits per heavy atom. The zero-order valence-electron chi connectivity index (χ0n) is 22.6. The van der Waals surface area contributed by atoms with Crippen LogP contribution in [0.5, 0.6) is 0 Å². The number of urea groups is 1. The zero-order chi connectivity index (χ0) is 26.7. The Labute approximate surface area is 205 Å². The summed E-state index contributed by atoms with van der Waals surface area (Å²) in [5.74, 6) is -1.20. The molecule has 0 aliphatic carbocycles. The van der Waals surface area contributed by atoms with Gasteiger partial charge >= 0.3 is 18.0 Å². The van der Waals surface area contributed by atoms with Crippen LogP contribution in [0.3, 0.4) is 0 Å². The predicted octanol–water partition coefficient (Wildman–Crippen LogP) is 3.62.